The molecule has 30 heavy (non-hydrogen) atoms. The summed E-state index contributed by atoms with van der Waals surface area (Å²) in [6.45, 7) is 0.272. The molecule has 2 N–H and O–H groups in total. The molecule has 0 unspecified atom stereocenters. The van der Waals surface area contributed by atoms with Crippen molar-refractivity contribution in [2.45, 2.75) is 18.9 Å². The van der Waals surface area contributed by atoms with E-state index in [0.29, 0.717) is 17.2 Å². The Hall–Kier alpha value is -3.59. The molecule has 0 bridgehead atoms. The first kappa shape index (κ1) is 19.7. The zero-order valence-electron chi connectivity index (χ0n) is 15.9. The van der Waals surface area contributed by atoms with E-state index in [1.165, 1.54) is 11.3 Å². The molecule has 3 aromatic rings. The van der Waals surface area contributed by atoms with Gasteiger partial charge in [0.1, 0.15) is 6.04 Å². The van der Waals surface area contributed by atoms with Crippen molar-refractivity contribution < 1.29 is 14.4 Å². The van der Waals surface area contributed by atoms with Crippen molar-refractivity contribution in [3.63, 3.8) is 0 Å². The number of hydrogen-bond donors (Lipinski definition) is 2. The molecule has 1 aliphatic rings. The molecular weight excluding hydrogens is 402 g/mol. The van der Waals surface area contributed by atoms with Gasteiger partial charge in [-0.25, -0.2) is 9.78 Å². The Kier molecular flexibility index (Phi) is 5.80. The fourth-order valence-electron chi connectivity index (χ4n) is 3.15. The van der Waals surface area contributed by atoms with Crippen LogP contribution >= 0.6 is 11.3 Å². The van der Waals surface area contributed by atoms with Crippen LogP contribution in [0, 0.1) is 0 Å². The van der Waals surface area contributed by atoms with Crippen molar-refractivity contribution >= 4 is 34.3 Å². The van der Waals surface area contributed by atoms with Gasteiger partial charge in [-0.05, 0) is 24.1 Å². The summed E-state index contributed by atoms with van der Waals surface area (Å²) in [5.41, 5.74) is 2.59. The number of nitrogens with one attached hydrogen (secondary N) is 2. The minimum absolute atomic E-state index is 0.145. The number of carbonyl (C=O) groups excluding carboxylic acids is 3. The van der Waals surface area contributed by atoms with E-state index in [-0.39, 0.29) is 24.8 Å². The van der Waals surface area contributed by atoms with E-state index in [1.807, 2.05) is 47.8 Å². The van der Waals surface area contributed by atoms with Gasteiger partial charge >= 0.3 is 6.03 Å². The lowest BCUT2D eigenvalue weighted by atomic mass is 10.1. The number of aromatic nitrogens is 2. The van der Waals surface area contributed by atoms with Crippen molar-refractivity contribution in [3.05, 3.63) is 65.8 Å². The van der Waals surface area contributed by atoms with Crippen molar-refractivity contribution in [1.82, 2.24) is 20.2 Å². The van der Waals surface area contributed by atoms with Crippen LogP contribution in [0.4, 0.5) is 9.93 Å². The molecule has 152 valence electrons. The number of pyridine rings is 1. The number of hydrogen-bond acceptors (Lipinski definition) is 6. The normalized spacial score (nSPS) is 15.9. The van der Waals surface area contributed by atoms with E-state index in [0.717, 1.165) is 16.0 Å². The van der Waals surface area contributed by atoms with Gasteiger partial charge in [-0.3, -0.25) is 19.5 Å². The molecule has 0 aliphatic carbocycles. The number of rotatable bonds is 7. The second kappa shape index (κ2) is 8.83. The van der Waals surface area contributed by atoms with Crippen molar-refractivity contribution in [2.75, 3.05) is 11.9 Å². The number of carbonyl (C=O) groups is 3. The predicted molar refractivity (Wildman–Crippen MR) is 113 cm³/mol. The van der Waals surface area contributed by atoms with Crippen LogP contribution in [-0.2, 0) is 16.0 Å². The number of anilines is 1. The summed E-state index contributed by atoms with van der Waals surface area (Å²) in [4.78, 5) is 46.7. The average molecular weight is 421 g/mol. The molecule has 1 atom stereocenters. The largest absolute Gasteiger partial charge is 0.325 e. The van der Waals surface area contributed by atoms with Crippen LogP contribution in [0.25, 0.3) is 11.3 Å². The lowest BCUT2D eigenvalue weighted by Crippen LogP contribution is -2.34. The molecule has 8 nitrogen and oxygen atoms in total. The van der Waals surface area contributed by atoms with Crippen molar-refractivity contribution in [1.29, 1.82) is 0 Å². The van der Waals surface area contributed by atoms with Gasteiger partial charge in [0.2, 0.25) is 5.91 Å². The quantitative estimate of drug-likeness (QED) is 0.571. The molecule has 4 rings (SSSR count). The first-order valence-electron chi connectivity index (χ1n) is 9.42. The molecule has 3 heterocycles. The summed E-state index contributed by atoms with van der Waals surface area (Å²) in [5.74, 6) is -0.771. The van der Waals surface area contributed by atoms with Crippen molar-refractivity contribution in [2.24, 2.45) is 0 Å². The summed E-state index contributed by atoms with van der Waals surface area (Å²) in [6.07, 6.45) is 3.79. The fourth-order valence-corrected chi connectivity index (χ4v) is 3.88. The maximum Gasteiger partial charge on any atom is 0.324 e. The molecule has 0 saturated carbocycles. The minimum Gasteiger partial charge on any atom is -0.325 e. The third kappa shape index (κ3) is 4.52. The summed E-state index contributed by atoms with van der Waals surface area (Å²) in [6, 6.07) is 12.0. The Morgan fingerprint density at radius 2 is 2.00 bits per heavy atom. The van der Waals surface area contributed by atoms with Gasteiger partial charge in [0, 0.05) is 29.9 Å². The van der Waals surface area contributed by atoms with E-state index in [9.17, 15) is 14.4 Å². The minimum atomic E-state index is -0.869. The Labute approximate surface area is 177 Å². The van der Waals surface area contributed by atoms with Crippen molar-refractivity contribution in [3.8, 4) is 11.3 Å². The predicted octanol–water partition coefficient (Wildman–Crippen LogP) is 2.70. The fraction of sp³-hybridized carbons (Fsp3) is 0.190. The number of urea groups is 1. The lowest BCUT2D eigenvalue weighted by molar-refractivity contribution is -0.129. The molecule has 9 heteroatoms. The van der Waals surface area contributed by atoms with E-state index in [4.69, 9.17) is 0 Å². The second-order valence-electron chi connectivity index (χ2n) is 6.76. The zero-order valence-corrected chi connectivity index (χ0v) is 16.8. The maximum absolute atomic E-state index is 12.6. The van der Waals surface area contributed by atoms with Crippen LogP contribution in [-0.4, -0.2) is 45.3 Å². The first-order valence-corrected chi connectivity index (χ1v) is 10.3. The van der Waals surface area contributed by atoms with Gasteiger partial charge in [0.05, 0.1) is 12.1 Å². The number of benzene rings is 1. The molecule has 1 fully saturated rings. The lowest BCUT2D eigenvalue weighted by Gasteiger charge is -2.12. The number of thiazole rings is 1. The van der Waals surface area contributed by atoms with Crippen LogP contribution < -0.4 is 10.6 Å². The van der Waals surface area contributed by atoms with Gasteiger partial charge in [-0.2, -0.15) is 0 Å². The number of nitrogens with zero attached hydrogens (tertiary/aromatic N) is 3. The Balaban J connectivity index is 1.32. The topological polar surface area (TPSA) is 104 Å². The molecule has 0 radical (unpaired) electrons. The zero-order chi connectivity index (χ0) is 20.9. The van der Waals surface area contributed by atoms with Gasteiger partial charge in [-0.1, -0.05) is 30.3 Å². The van der Waals surface area contributed by atoms with Gasteiger partial charge in [0.15, 0.2) is 5.13 Å². The van der Waals surface area contributed by atoms with E-state index >= 15 is 0 Å². The maximum atomic E-state index is 12.6. The smallest absolute Gasteiger partial charge is 0.324 e. The van der Waals surface area contributed by atoms with Crippen LogP contribution in [0.3, 0.4) is 0 Å². The molecule has 0 spiro atoms. The van der Waals surface area contributed by atoms with Gasteiger partial charge in [0.25, 0.3) is 5.91 Å². The molecule has 4 amide bonds. The molecule has 2 aromatic heterocycles. The Morgan fingerprint density at radius 3 is 2.77 bits per heavy atom. The Morgan fingerprint density at radius 1 is 1.17 bits per heavy atom. The number of imide groups is 1. The second-order valence-corrected chi connectivity index (χ2v) is 7.62. The van der Waals surface area contributed by atoms with Crippen LogP contribution in [0.5, 0.6) is 0 Å². The third-order valence-corrected chi connectivity index (χ3v) is 5.43. The SMILES string of the molecule is O=C(C[C@H]1NC(=O)N(CCc2ccccc2)C1=O)Nc1nc(-c2cccnc2)cs1. The molecular formula is C21H19N5O3S. The molecule has 1 aliphatic heterocycles. The monoisotopic (exact) mass is 421 g/mol. The molecule has 1 saturated heterocycles. The van der Waals surface area contributed by atoms with Crippen LogP contribution in [0.1, 0.15) is 12.0 Å². The van der Waals surface area contributed by atoms with E-state index in [2.05, 4.69) is 20.6 Å². The summed E-state index contributed by atoms with van der Waals surface area (Å²) >= 11 is 1.28. The first-order chi connectivity index (χ1) is 14.6. The standard InChI is InChI=1S/C21H19N5O3S/c27-18(25-20-23-17(13-30-20)15-7-4-9-22-12-15)11-16-19(28)26(21(29)24-16)10-8-14-5-2-1-3-6-14/h1-7,9,12-13,16H,8,10-11H2,(H,24,29)(H,23,25,27)/t16-/m1/s1. The van der Waals surface area contributed by atoms with Crippen LogP contribution in [0.2, 0.25) is 0 Å². The highest BCUT2D eigenvalue weighted by Gasteiger charge is 2.38. The van der Waals surface area contributed by atoms with E-state index < -0.39 is 12.1 Å². The van der Waals surface area contributed by atoms with Crippen LogP contribution in [0.15, 0.2) is 60.2 Å². The van der Waals surface area contributed by atoms with Gasteiger partial charge < -0.3 is 10.6 Å². The van der Waals surface area contributed by atoms with E-state index in [1.54, 1.807) is 12.4 Å². The molecule has 1 aromatic carbocycles. The third-order valence-electron chi connectivity index (χ3n) is 4.67. The highest BCUT2D eigenvalue weighted by Crippen LogP contribution is 2.24. The van der Waals surface area contributed by atoms with Gasteiger partial charge in [-0.15, -0.1) is 11.3 Å². The number of amides is 4. The summed E-state index contributed by atoms with van der Waals surface area (Å²) in [5, 5.41) is 7.53. The highest BCUT2D eigenvalue weighted by atomic mass is 32.1. The summed E-state index contributed by atoms with van der Waals surface area (Å²) in [7, 11) is 0. The Bertz CT molecular complexity index is 1050. The summed E-state index contributed by atoms with van der Waals surface area (Å²) < 4.78 is 0. The average Bonchev–Trinajstić information content (AvgIpc) is 3.32. The highest BCUT2D eigenvalue weighted by molar-refractivity contribution is 7.14.